The molecule has 0 atom stereocenters. The Morgan fingerprint density at radius 2 is 2.00 bits per heavy atom. The van der Waals surface area contributed by atoms with Gasteiger partial charge in [0.25, 0.3) is 5.91 Å². The van der Waals surface area contributed by atoms with Crippen molar-refractivity contribution in [3.8, 4) is 17.6 Å². The van der Waals surface area contributed by atoms with Gasteiger partial charge < -0.3 is 14.8 Å². The summed E-state index contributed by atoms with van der Waals surface area (Å²) in [6.45, 7) is 1.93. The van der Waals surface area contributed by atoms with Gasteiger partial charge in [0.05, 0.1) is 23.8 Å². The second-order valence-electron chi connectivity index (χ2n) is 5.74. The fourth-order valence-electron chi connectivity index (χ4n) is 2.39. The average molecular weight is 373 g/mol. The van der Waals surface area contributed by atoms with Crippen LogP contribution in [0.3, 0.4) is 0 Å². The van der Waals surface area contributed by atoms with E-state index in [1.54, 1.807) is 0 Å². The molecule has 2 aromatic carbocycles. The van der Waals surface area contributed by atoms with E-state index in [-0.39, 0.29) is 23.3 Å². The van der Waals surface area contributed by atoms with E-state index in [1.807, 2.05) is 30.3 Å². The summed E-state index contributed by atoms with van der Waals surface area (Å²) in [4.78, 5) is 12.1. The van der Waals surface area contributed by atoms with Gasteiger partial charge in [0.15, 0.2) is 18.1 Å². The van der Waals surface area contributed by atoms with Crippen molar-refractivity contribution in [3.63, 3.8) is 0 Å². The number of ether oxygens (including phenoxy) is 2. The highest BCUT2D eigenvalue weighted by atomic mass is 35.5. The molecule has 0 unspecified atom stereocenters. The standard InChI is InChI=1S/C20H21ClN2O3/c1-3-4-5-14-6-8-16(9-7-14)23-19(24)13-26-20-17(21)10-15(12-22)11-18(20)25-2/h6-11H,3-5,13H2,1-2H3,(H,23,24). The Morgan fingerprint density at radius 3 is 2.62 bits per heavy atom. The lowest BCUT2D eigenvalue weighted by Gasteiger charge is -2.13. The van der Waals surface area contributed by atoms with Gasteiger partial charge in [-0.2, -0.15) is 5.26 Å². The SMILES string of the molecule is CCCCc1ccc(NC(=O)COc2c(Cl)cc(C#N)cc2OC)cc1. The number of anilines is 1. The van der Waals surface area contributed by atoms with E-state index in [1.165, 1.54) is 24.8 Å². The van der Waals surface area contributed by atoms with Crippen LogP contribution in [0.4, 0.5) is 5.69 Å². The van der Waals surface area contributed by atoms with Gasteiger partial charge in [-0.1, -0.05) is 37.1 Å². The number of nitrogens with zero attached hydrogens (tertiary/aromatic N) is 1. The van der Waals surface area contributed by atoms with Crippen molar-refractivity contribution in [1.29, 1.82) is 5.26 Å². The molecule has 26 heavy (non-hydrogen) atoms. The monoisotopic (exact) mass is 372 g/mol. The summed E-state index contributed by atoms with van der Waals surface area (Å²) in [6, 6.07) is 12.7. The topological polar surface area (TPSA) is 71.3 Å². The first-order valence-corrected chi connectivity index (χ1v) is 8.74. The number of benzene rings is 2. The molecular weight excluding hydrogens is 352 g/mol. The van der Waals surface area contributed by atoms with Crippen molar-refractivity contribution < 1.29 is 14.3 Å². The van der Waals surface area contributed by atoms with Gasteiger partial charge in [-0.05, 0) is 36.6 Å². The Morgan fingerprint density at radius 1 is 1.27 bits per heavy atom. The van der Waals surface area contributed by atoms with Crippen molar-refractivity contribution >= 4 is 23.2 Å². The van der Waals surface area contributed by atoms with E-state index >= 15 is 0 Å². The number of rotatable bonds is 8. The number of hydrogen-bond acceptors (Lipinski definition) is 4. The van der Waals surface area contributed by atoms with Gasteiger partial charge in [-0.3, -0.25) is 4.79 Å². The van der Waals surface area contributed by atoms with Crippen LogP contribution in [0.25, 0.3) is 0 Å². The Kier molecular flexibility index (Phi) is 7.31. The van der Waals surface area contributed by atoms with E-state index in [2.05, 4.69) is 12.2 Å². The van der Waals surface area contributed by atoms with Gasteiger partial charge in [-0.15, -0.1) is 0 Å². The molecule has 6 heteroatoms. The minimum atomic E-state index is -0.311. The van der Waals surface area contributed by atoms with Gasteiger partial charge in [0.2, 0.25) is 0 Å². The highest BCUT2D eigenvalue weighted by molar-refractivity contribution is 6.32. The number of unbranched alkanes of at least 4 members (excludes halogenated alkanes) is 1. The number of carbonyl (C=O) groups is 1. The maximum absolute atomic E-state index is 12.1. The zero-order valence-electron chi connectivity index (χ0n) is 14.8. The first kappa shape index (κ1) is 19.6. The summed E-state index contributed by atoms with van der Waals surface area (Å²) in [5.41, 5.74) is 2.30. The van der Waals surface area contributed by atoms with E-state index in [4.69, 9.17) is 26.3 Å². The number of carbonyl (C=O) groups excluding carboxylic acids is 1. The molecule has 0 aromatic heterocycles. The van der Waals surface area contributed by atoms with Gasteiger partial charge in [0, 0.05) is 11.8 Å². The second-order valence-corrected chi connectivity index (χ2v) is 6.15. The number of aryl methyl sites for hydroxylation is 1. The maximum Gasteiger partial charge on any atom is 0.262 e. The van der Waals surface area contributed by atoms with Crippen LogP contribution in [0.15, 0.2) is 36.4 Å². The molecule has 0 saturated heterocycles. The molecule has 2 aromatic rings. The highest BCUT2D eigenvalue weighted by Crippen LogP contribution is 2.36. The van der Waals surface area contributed by atoms with E-state index in [9.17, 15) is 4.79 Å². The number of halogens is 1. The molecular formula is C20H21ClN2O3. The van der Waals surface area contributed by atoms with Gasteiger partial charge in [-0.25, -0.2) is 0 Å². The van der Waals surface area contributed by atoms with E-state index in [0.29, 0.717) is 17.0 Å². The normalized spacial score (nSPS) is 10.1. The van der Waals surface area contributed by atoms with Crippen LogP contribution < -0.4 is 14.8 Å². The number of amides is 1. The lowest BCUT2D eigenvalue weighted by molar-refractivity contribution is -0.118. The fourth-order valence-corrected chi connectivity index (χ4v) is 2.66. The minimum Gasteiger partial charge on any atom is -0.493 e. The Bertz CT molecular complexity index is 798. The van der Waals surface area contributed by atoms with Crippen LogP contribution in [0.2, 0.25) is 5.02 Å². The van der Waals surface area contributed by atoms with E-state index in [0.717, 1.165) is 19.3 Å². The average Bonchev–Trinajstić information content (AvgIpc) is 2.65. The third-order valence-corrected chi connectivity index (χ3v) is 4.04. The third kappa shape index (κ3) is 5.40. The largest absolute Gasteiger partial charge is 0.493 e. The first-order valence-electron chi connectivity index (χ1n) is 8.36. The van der Waals surface area contributed by atoms with Crippen LogP contribution in [-0.4, -0.2) is 19.6 Å². The quantitative estimate of drug-likeness (QED) is 0.736. The highest BCUT2D eigenvalue weighted by Gasteiger charge is 2.14. The Balaban J connectivity index is 1.96. The van der Waals surface area contributed by atoms with Crippen molar-refractivity contribution in [2.45, 2.75) is 26.2 Å². The van der Waals surface area contributed by atoms with E-state index < -0.39 is 0 Å². The minimum absolute atomic E-state index is 0.217. The molecule has 2 rings (SSSR count). The Hall–Kier alpha value is -2.71. The van der Waals surface area contributed by atoms with Crippen molar-refractivity contribution in [3.05, 3.63) is 52.5 Å². The smallest absolute Gasteiger partial charge is 0.262 e. The van der Waals surface area contributed by atoms with Crippen LogP contribution in [0.5, 0.6) is 11.5 Å². The molecule has 0 heterocycles. The summed E-state index contributed by atoms with van der Waals surface area (Å²) in [5, 5.41) is 11.9. The number of nitriles is 1. The predicted molar refractivity (Wildman–Crippen MR) is 102 cm³/mol. The number of methoxy groups -OCH3 is 1. The summed E-state index contributed by atoms with van der Waals surface area (Å²) >= 11 is 6.11. The lowest BCUT2D eigenvalue weighted by atomic mass is 10.1. The Labute approximate surface area is 158 Å². The first-order chi connectivity index (χ1) is 12.6. The van der Waals surface area contributed by atoms with Crippen LogP contribution >= 0.6 is 11.6 Å². The second kappa shape index (κ2) is 9.69. The maximum atomic E-state index is 12.1. The molecule has 1 N–H and O–H groups in total. The molecule has 136 valence electrons. The zero-order valence-corrected chi connectivity index (χ0v) is 15.6. The fraction of sp³-hybridized carbons (Fsp3) is 0.300. The van der Waals surface area contributed by atoms with Crippen LogP contribution in [0, 0.1) is 11.3 Å². The molecule has 1 amide bonds. The molecule has 0 spiro atoms. The molecule has 5 nitrogen and oxygen atoms in total. The third-order valence-electron chi connectivity index (χ3n) is 3.76. The van der Waals surface area contributed by atoms with Crippen molar-refractivity contribution in [2.75, 3.05) is 19.0 Å². The summed E-state index contributed by atoms with van der Waals surface area (Å²) in [7, 11) is 1.44. The molecule has 0 aliphatic heterocycles. The van der Waals surface area contributed by atoms with Gasteiger partial charge in [0.1, 0.15) is 0 Å². The zero-order chi connectivity index (χ0) is 18.9. The van der Waals surface area contributed by atoms with Crippen LogP contribution in [0.1, 0.15) is 30.9 Å². The molecule has 0 saturated carbocycles. The number of nitrogens with one attached hydrogen (secondary N) is 1. The molecule has 0 aliphatic rings. The number of hydrogen-bond donors (Lipinski definition) is 1. The molecule has 0 radical (unpaired) electrons. The van der Waals surface area contributed by atoms with Gasteiger partial charge >= 0.3 is 0 Å². The predicted octanol–water partition coefficient (Wildman–Crippen LogP) is 4.58. The summed E-state index contributed by atoms with van der Waals surface area (Å²) < 4.78 is 10.7. The molecule has 0 fully saturated rings. The molecule has 0 bridgehead atoms. The summed E-state index contributed by atoms with van der Waals surface area (Å²) in [6.07, 6.45) is 3.33. The van der Waals surface area contributed by atoms with Crippen molar-refractivity contribution in [1.82, 2.24) is 0 Å². The molecule has 0 aliphatic carbocycles. The van der Waals surface area contributed by atoms with Crippen molar-refractivity contribution in [2.24, 2.45) is 0 Å². The van der Waals surface area contributed by atoms with Crippen LogP contribution in [-0.2, 0) is 11.2 Å². The lowest BCUT2D eigenvalue weighted by Crippen LogP contribution is -2.20. The summed E-state index contributed by atoms with van der Waals surface area (Å²) in [5.74, 6) is 0.231.